The average Bonchev–Trinajstić information content (AvgIpc) is 1.72. The smallest absolute Gasteiger partial charge is 0.220 e. The third-order valence-corrected chi connectivity index (χ3v) is 0.346. The predicted molar refractivity (Wildman–Crippen MR) is 21.2 cm³/mol. The van der Waals surface area contributed by atoms with E-state index in [0.717, 1.165) is 0 Å². The van der Waals surface area contributed by atoms with E-state index < -0.39 is 7.12 Å². The second-order valence-corrected chi connectivity index (χ2v) is 0.734. The fourth-order valence-electron chi connectivity index (χ4n) is 0.0866. The van der Waals surface area contributed by atoms with Crippen molar-refractivity contribution in [1.29, 1.82) is 16.6 Å². The van der Waals surface area contributed by atoms with Crippen LogP contribution in [-0.2, 0) is 0 Å². The Balaban J connectivity index is 3.57. The fourth-order valence-corrected chi connectivity index (χ4v) is 0.0866. The molecule has 0 heterocycles. The third kappa shape index (κ3) is 1.69. The highest BCUT2D eigenvalue weighted by molar-refractivity contribution is 6.51. The van der Waals surface area contributed by atoms with Crippen LogP contribution in [0.2, 0.25) is 0 Å². The van der Waals surface area contributed by atoms with Gasteiger partial charge in [0.2, 0.25) is 0 Å². The number of hydrogen-bond donors (Lipinski definition) is 3. The highest BCUT2D eigenvalue weighted by atomic mass is 15.1. The van der Waals surface area contributed by atoms with E-state index in [2.05, 4.69) is 15.1 Å². The van der Waals surface area contributed by atoms with Crippen molar-refractivity contribution >= 4 is 7.12 Å². The van der Waals surface area contributed by atoms with Crippen LogP contribution in [0.5, 0.6) is 0 Å². The van der Waals surface area contributed by atoms with Gasteiger partial charge in [-0.2, -0.15) is 15.1 Å². The summed E-state index contributed by atoms with van der Waals surface area (Å²) in [5, 5.41) is 8.00. The normalized spacial score (nSPS) is 6.86. The summed E-state index contributed by atoms with van der Waals surface area (Å²) >= 11 is 0. The molecule has 0 rings (SSSR count). The Labute approximate surface area is 40.0 Å². The van der Waals surface area contributed by atoms with E-state index in [-0.39, 0.29) is 0 Å². The molecule has 0 aromatic heterocycles. The summed E-state index contributed by atoms with van der Waals surface area (Å²) in [6.45, 7) is 0. The first-order valence-electron chi connectivity index (χ1n) is 1.45. The second-order valence-electron chi connectivity index (χ2n) is 0.734. The van der Waals surface area contributed by atoms with Gasteiger partial charge in [0.1, 0.15) is 0 Å². The molecule has 0 aromatic carbocycles. The quantitative estimate of drug-likeness (QED) is 0.346. The lowest BCUT2D eigenvalue weighted by Gasteiger charge is -1.77. The van der Waals surface area contributed by atoms with E-state index in [9.17, 15) is 0 Å². The maximum absolute atomic E-state index is 6.16. The topological polar surface area (TPSA) is 109 Å². The lowest BCUT2D eigenvalue weighted by atomic mass is 10.0. The monoisotopic (exact) mass is 98.1 g/mol. The Bertz CT molecular complexity index is 65.2. The number of rotatable bonds is 3. The molecule has 0 saturated heterocycles. The van der Waals surface area contributed by atoms with E-state index in [1.807, 2.05) is 0 Å². The highest BCUT2D eigenvalue weighted by Crippen LogP contribution is 1.83. The highest BCUT2D eigenvalue weighted by Gasteiger charge is 2.08. The van der Waals surface area contributed by atoms with Gasteiger partial charge in [-0.15, -0.1) is 0 Å². The number of nitrogens with zero attached hydrogens (tertiary/aromatic N) is 3. The minimum atomic E-state index is -1.14. The first-order valence-corrected chi connectivity index (χ1v) is 1.45. The molecular weight excluding hydrogens is 94.9 g/mol. The molecule has 0 aliphatic carbocycles. The van der Waals surface area contributed by atoms with Crippen LogP contribution in [0.3, 0.4) is 0 Å². The van der Waals surface area contributed by atoms with Gasteiger partial charge in [0.05, 0.1) is 0 Å². The number of nitrogens with one attached hydrogen (secondary N) is 3. The Kier molecular flexibility index (Phi) is 2.57. The summed E-state index contributed by atoms with van der Waals surface area (Å²) in [6.07, 6.45) is 0. The van der Waals surface area contributed by atoms with Gasteiger partial charge < -0.3 is 0 Å². The summed E-state index contributed by atoms with van der Waals surface area (Å²) in [7, 11) is -1.14. The van der Waals surface area contributed by atoms with E-state index in [1.165, 1.54) is 0 Å². The van der Waals surface area contributed by atoms with Gasteiger partial charge >= 0.3 is 7.12 Å². The molecule has 7 heavy (non-hydrogen) atoms. The SMILES string of the molecule is N=NB(N=N)N=N. The van der Waals surface area contributed by atoms with Gasteiger partial charge in [0.15, 0.2) is 0 Å². The molecule has 0 spiro atoms. The van der Waals surface area contributed by atoms with Crippen LogP contribution in [0.15, 0.2) is 15.1 Å². The van der Waals surface area contributed by atoms with Crippen molar-refractivity contribution in [1.82, 2.24) is 0 Å². The molecule has 36 valence electrons. The number of hydrogen-bond acceptors (Lipinski definition) is 6. The summed E-state index contributed by atoms with van der Waals surface area (Å²) in [4.78, 5) is 0. The first-order chi connectivity index (χ1) is 3.35. The second kappa shape index (κ2) is 3.07. The molecule has 0 bridgehead atoms. The molecule has 0 aliphatic heterocycles. The largest absolute Gasteiger partial charge is 0.616 e. The van der Waals surface area contributed by atoms with Gasteiger partial charge in [-0.3, -0.25) is 0 Å². The van der Waals surface area contributed by atoms with Gasteiger partial charge in [0.25, 0.3) is 0 Å². The van der Waals surface area contributed by atoms with E-state index >= 15 is 0 Å². The van der Waals surface area contributed by atoms with E-state index in [4.69, 9.17) is 16.6 Å². The summed E-state index contributed by atoms with van der Waals surface area (Å²) in [5.41, 5.74) is 18.5. The zero-order valence-electron chi connectivity index (χ0n) is 3.42. The molecule has 0 amide bonds. The minimum absolute atomic E-state index is 1.14. The minimum Gasteiger partial charge on any atom is -0.220 e. The average molecular weight is 97.9 g/mol. The van der Waals surface area contributed by atoms with E-state index in [0.29, 0.717) is 0 Å². The molecule has 7 heteroatoms. The Hall–Kier alpha value is -1.14. The lowest BCUT2D eigenvalue weighted by Crippen LogP contribution is -1.96. The molecule has 0 unspecified atom stereocenters. The van der Waals surface area contributed by atoms with Crippen molar-refractivity contribution in [3.8, 4) is 0 Å². The Morgan fingerprint density at radius 1 is 0.857 bits per heavy atom. The molecule has 0 radical (unpaired) electrons. The summed E-state index contributed by atoms with van der Waals surface area (Å²) < 4.78 is 0. The van der Waals surface area contributed by atoms with Crippen LogP contribution >= 0.6 is 0 Å². The zero-order chi connectivity index (χ0) is 5.70. The molecule has 6 nitrogen and oxygen atoms in total. The van der Waals surface area contributed by atoms with Crippen molar-refractivity contribution < 1.29 is 0 Å². The lowest BCUT2D eigenvalue weighted by molar-refractivity contribution is 1.07. The first kappa shape index (κ1) is 5.86. The van der Waals surface area contributed by atoms with Crippen LogP contribution in [0.4, 0.5) is 0 Å². The van der Waals surface area contributed by atoms with Crippen LogP contribution in [0, 0.1) is 16.6 Å². The van der Waals surface area contributed by atoms with Crippen molar-refractivity contribution in [2.24, 2.45) is 15.1 Å². The molecular formula is H3BN6. The van der Waals surface area contributed by atoms with Crippen molar-refractivity contribution in [3.05, 3.63) is 0 Å². The Morgan fingerprint density at radius 3 is 1.14 bits per heavy atom. The molecule has 0 aromatic rings. The third-order valence-electron chi connectivity index (χ3n) is 0.346. The molecule has 0 aliphatic rings. The van der Waals surface area contributed by atoms with Crippen LogP contribution < -0.4 is 0 Å². The molecule has 3 N–H and O–H groups in total. The van der Waals surface area contributed by atoms with Crippen molar-refractivity contribution in [2.45, 2.75) is 0 Å². The van der Waals surface area contributed by atoms with Crippen LogP contribution in [-0.4, -0.2) is 7.12 Å². The van der Waals surface area contributed by atoms with Gasteiger partial charge in [-0.1, -0.05) is 0 Å². The van der Waals surface area contributed by atoms with Crippen LogP contribution in [0.25, 0.3) is 0 Å². The maximum Gasteiger partial charge on any atom is 0.616 e. The van der Waals surface area contributed by atoms with Crippen molar-refractivity contribution in [3.63, 3.8) is 0 Å². The van der Waals surface area contributed by atoms with Crippen molar-refractivity contribution in [2.75, 3.05) is 0 Å². The molecule has 0 fully saturated rings. The van der Waals surface area contributed by atoms with Gasteiger partial charge in [-0.25, -0.2) is 16.6 Å². The fraction of sp³-hybridized carbons (Fsp3) is 0. The predicted octanol–water partition coefficient (Wildman–Crippen LogP) is 1.06. The van der Waals surface area contributed by atoms with Gasteiger partial charge in [-0.05, 0) is 0 Å². The molecule has 0 atom stereocenters. The van der Waals surface area contributed by atoms with Crippen LogP contribution in [0.1, 0.15) is 0 Å². The standard InChI is InChI=1S/BH3N6/c2-5-1(6-3)7-4/h2-4H. The Morgan fingerprint density at radius 2 is 1.14 bits per heavy atom. The zero-order valence-corrected chi connectivity index (χ0v) is 3.42. The summed E-state index contributed by atoms with van der Waals surface area (Å²) in [6, 6.07) is 0. The molecule has 0 saturated carbocycles. The summed E-state index contributed by atoms with van der Waals surface area (Å²) in [5.74, 6) is 0. The maximum atomic E-state index is 6.16. The van der Waals surface area contributed by atoms with E-state index in [1.54, 1.807) is 0 Å². The van der Waals surface area contributed by atoms with Gasteiger partial charge in [0, 0.05) is 0 Å².